The first kappa shape index (κ1) is 21.1. The molecule has 1 aromatic carbocycles. The summed E-state index contributed by atoms with van der Waals surface area (Å²) in [7, 11) is -1.97. The van der Waals surface area contributed by atoms with Crippen molar-refractivity contribution in [1.29, 1.82) is 0 Å². The van der Waals surface area contributed by atoms with E-state index < -0.39 is 21.8 Å². The van der Waals surface area contributed by atoms with Crippen LogP contribution in [0.2, 0.25) is 0 Å². The van der Waals surface area contributed by atoms with E-state index in [1.165, 1.54) is 23.8 Å². The average molecular weight is 343 g/mol. The molecular formula is C16H25NO5S. The predicted molar refractivity (Wildman–Crippen MR) is 90.0 cm³/mol. The molecule has 130 valence electrons. The van der Waals surface area contributed by atoms with Crippen LogP contribution in [-0.2, 0) is 24.2 Å². The second kappa shape index (κ2) is 9.99. The van der Waals surface area contributed by atoms with Gasteiger partial charge in [0.1, 0.15) is 15.9 Å². The molecule has 0 radical (unpaired) electrons. The summed E-state index contributed by atoms with van der Waals surface area (Å²) < 4.78 is 25.9. The van der Waals surface area contributed by atoms with Crippen molar-refractivity contribution in [3.8, 4) is 0 Å². The van der Waals surface area contributed by atoms with Crippen LogP contribution in [0.1, 0.15) is 23.1 Å². The number of carbonyl (C=O) groups excluding carboxylic acids is 2. The molecule has 1 rings (SSSR count). The number of rotatable bonds is 6. The Kier molecular flexibility index (Phi) is 9.17. The van der Waals surface area contributed by atoms with Crippen LogP contribution in [0.25, 0.3) is 0 Å². The maximum atomic E-state index is 11.0. The second-order valence-electron chi connectivity index (χ2n) is 5.44. The summed E-state index contributed by atoms with van der Waals surface area (Å²) in [6.45, 7) is 6.38. The topological polar surface area (TPSA) is 89.5 Å². The van der Waals surface area contributed by atoms with E-state index in [1.807, 2.05) is 0 Å². The number of ether oxygens (including phenoxy) is 1. The summed E-state index contributed by atoms with van der Waals surface area (Å²) >= 11 is 0. The quantitative estimate of drug-likeness (QED) is 0.621. The van der Waals surface area contributed by atoms with E-state index in [4.69, 9.17) is 0 Å². The lowest BCUT2D eigenvalue weighted by Crippen LogP contribution is -2.38. The van der Waals surface area contributed by atoms with Crippen molar-refractivity contribution in [1.82, 2.24) is 5.32 Å². The highest BCUT2D eigenvalue weighted by Gasteiger charge is 2.19. The highest BCUT2D eigenvalue weighted by molar-refractivity contribution is 7.90. The largest absolute Gasteiger partial charge is 0.467 e. The molecule has 0 spiro atoms. The molecule has 0 fully saturated rings. The van der Waals surface area contributed by atoms with Crippen LogP contribution in [0, 0.1) is 20.8 Å². The summed E-state index contributed by atoms with van der Waals surface area (Å²) in [4.78, 5) is 21.1. The van der Waals surface area contributed by atoms with E-state index in [1.54, 1.807) is 0 Å². The number of hydrogen-bond acceptors (Lipinski definition) is 5. The van der Waals surface area contributed by atoms with Crippen molar-refractivity contribution in [2.24, 2.45) is 0 Å². The van der Waals surface area contributed by atoms with Gasteiger partial charge in [-0.3, -0.25) is 4.79 Å². The molecule has 1 atom stereocenters. The van der Waals surface area contributed by atoms with E-state index in [0.29, 0.717) is 6.41 Å². The van der Waals surface area contributed by atoms with Crippen molar-refractivity contribution >= 4 is 22.2 Å². The zero-order valence-electron chi connectivity index (χ0n) is 14.3. The van der Waals surface area contributed by atoms with Crippen LogP contribution in [0.4, 0.5) is 0 Å². The normalized spacial score (nSPS) is 11.7. The molecule has 0 saturated carbocycles. The third-order valence-electron chi connectivity index (χ3n) is 2.90. The summed E-state index contributed by atoms with van der Waals surface area (Å²) in [5, 5.41) is 2.19. The Morgan fingerprint density at radius 1 is 1.17 bits per heavy atom. The Hall–Kier alpha value is -1.89. The lowest BCUT2D eigenvalue weighted by Gasteiger charge is -2.12. The molecule has 0 unspecified atom stereocenters. The standard InChI is InChI=1S/C9H12.C7H13NO5S/c1-7-4-8(2)6-9(3)5-7;1-13-7(10)6(8-5-9)3-4-14(2,11)12/h4-6H,1-3H3;5-6H,3-4H2,1-2H3,(H,8,9)/t;6-/m.0/s1. The van der Waals surface area contributed by atoms with Gasteiger partial charge in [-0.25, -0.2) is 13.2 Å². The van der Waals surface area contributed by atoms with Gasteiger partial charge in [0.05, 0.1) is 12.9 Å². The highest BCUT2D eigenvalue weighted by Crippen LogP contribution is 2.06. The van der Waals surface area contributed by atoms with Gasteiger partial charge in [0.15, 0.2) is 0 Å². The maximum Gasteiger partial charge on any atom is 0.328 e. The lowest BCUT2D eigenvalue weighted by molar-refractivity contribution is -0.144. The SMILES string of the molecule is COC(=O)[C@H](CCS(C)(=O)=O)NC=O.Cc1cc(C)cc(C)c1. The summed E-state index contributed by atoms with van der Waals surface area (Å²) in [6.07, 6.45) is 1.41. The Labute approximate surface area is 138 Å². The van der Waals surface area contributed by atoms with Crippen molar-refractivity contribution in [3.63, 3.8) is 0 Å². The minimum atomic E-state index is -3.14. The molecule has 7 heteroatoms. The van der Waals surface area contributed by atoms with E-state index in [-0.39, 0.29) is 12.2 Å². The number of methoxy groups -OCH3 is 1. The molecule has 0 aromatic heterocycles. The Bertz CT molecular complexity index is 575. The van der Waals surface area contributed by atoms with Gasteiger partial charge in [-0.1, -0.05) is 34.9 Å². The fourth-order valence-corrected chi connectivity index (χ4v) is 2.69. The smallest absolute Gasteiger partial charge is 0.328 e. The number of hydrogen-bond donors (Lipinski definition) is 1. The Morgan fingerprint density at radius 3 is 1.91 bits per heavy atom. The van der Waals surface area contributed by atoms with Crippen molar-refractivity contribution < 1.29 is 22.7 Å². The molecule has 1 amide bonds. The zero-order chi connectivity index (χ0) is 18.0. The minimum absolute atomic E-state index is 0.0181. The lowest BCUT2D eigenvalue weighted by atomic mass is 10.1. The van der Waals surface area contributed by atoms with E-state index >= 15 is 0 Å². The van der Waals surface area contributed by atoms with Gasteiger partial charge in [0.2, 0.25) is 6.41 Å². The number of nitrogens with one attached hydrogen (secondary N) is 1. The molecule has 0 aliphatic heterocycles. The molecular weight excluding hydrogens is 318 g/mol. The number of esters is 1. The number of aryl methyl sites for hydroxylation is 3. The third-order valence-corrected chi connectivity index (χ3v) is 3.88. The number of sulfone groups is 1. The summed E-state index contributed by atoms with van der Waals surface area (Å²) in [5.74, 6) is -0.825. The van der Waals surface area contributed by atoms with Crippen LogP contribution < -0.4 is 5.32 Å². The molecule has 0 aliphatic rings. The van der Waals surface area contributed by atoms with Crippen LogP contribution in [0.15, 0.2) is 18.2 Å². The molecule has 0 heterocycles. The molecule has 0 aliphatic carbocycles. The summed E-state index contributed by atoms with van der Waals surface area (Å²) in [5.41, 5.74) is 4.06. The van der Waals surface area contributed by atoms with Crippen LogP contribution in [0.3, 0.4) is 0 Å². The van der Waals surface area contributed by atoms with Crippen LogP contribution in [-0.4, -0.2) is 46.0 Å². The molecule has 1 N–H and O–H groups in total. The highest BCUT2D eigenvalue weighted by atomic mass is 32.2. The van der Waals surface area contributed by atoms with Crippen molar-refractivity contribution in [3.05, 3.63) is 34.9 Å². The van der Waals surface area contributed by atoms with Gasteiger partial charge in [0.25, 0.3) is 0 Å². The van der Waals surface area contributed by atoms with Crippen LogP contribution >= 0.6 is 0 Å². The Balaban J connectivity index is 0.000000459. The van der Waals surface area contributed by atoms with E-state index in [9.17, 15) is 18.0 Å². The first-order valence-electron chi connectivity index (χ1n) is 7.09. The van der Waals surface area contributed by atoms with Crippen molar-refractivity contribution in [2.75, 3.05) is 19.1 Å². The van der Waals surface area contributed by atoms with Gasteiger partial charge in [-0.05, 0) is 27.2 Å². The Morgan fingerprint density at radius 2 is 1.61 bits per heavy atom. The maximum absolute atomic E-state index is 11.0. The first-order valence-corrected chi connectivity index (χ1v) is 9.15. The minimum Gasteiger partial charge on any atom is -0.467 e. The van der Waals surface area contributed by atoms with E-state index in [2.05, 4.69) is 49.0 Å². The van der Waals surface area contributed by atoms with Gasteiger partial charge in [-0.2, -0.15) is 0 Å². The third kappa shape index (κ3) is 10.5. The molecule has 1 aromatic rings. The number of amides is 1. The summed E-state index contributed by atoms with van der Waals surface area (Å²) in [6, 6.07) is 5.67. The van der Waals surface area contributed by atoms with E-state index in [0.717, 1.165) is 6.26 Å². The zero-order valence-corrected chi connectivity index (χ0v) is 15.1. The van der Waals surface area contributed by atoms with Gasteiger partial charge < -0.3 is 10.1 Å². The fraction of sp³-hybridized carbons (Fsp3) is 0.500. The van der Waals surface area contributed by atoms with Gasteiger partial charge in [0, 0.05) is 6.26 Å². The average Bonchev–Trinajstić information content (AvgIpc) is 2.40. The molecule has 23 heavy (non-hydrogen) atoms. The first-order chi connectivity index (χ1) is 10.6. The second-order valence-corrected chi connectivity index (χ2v) is 7.70. The monoisotopic (exact) mass is 343 g/mol. The predicted octanol–water partition coefficient (Wildman–Crippen LogP) is 1.32. The molecule has 6 nitrogen and oxygen atoms in total. The van der Waals surface area contributed by atoms with Gasteiger partial charge in [-0.15, -0.1) is 0 Å². The van der Waals surface area contributed by atoms with Crippen LogP contribution in [0.5, 0.6) is 0 Å². The molecule has 0 bridgehead atoms. The fourth-order valence-electron chi connectivity index (χ4n) is 2.03. The number of carbonyl (C=O) groups is 2. The van der Waals surface area contributed by atoms with Crippen molar-refractivity contribution in [2.45, 2.75) is 33.2 Å². The number of benzene rings is 1. The molecule has 0 saturated heterocycles. The van der Waals surface area contributed by atoms with Gasteiger partial charge >= 0.3 is 5.97 Å².